The van der Waals surface area contributed by atoms with Gasteiger partial charge in [-0.25, -0.2) is 0 Å². The van der Waals surface area contributed by atoms with Gasteiger partial charge >= 0.3 is 0 Å². The van der Waals surface area contributed by atoms with Gasteiger partial charge in [0.05, 0.1) is 27.2 Å². The second-order valence-corrected chi connectivity index (χ2v) is 9.67. The first kappa shape index (κ1) is 23.6. The highest BCUT2D eigenvalue weighted by Crippen LogP contribution is 2.38. The Morgan fingerprint density at radius 3 is 2.52 bits per heavy atom. The van der Waals surface area contributed by atoms with E-state index in [0.29, 0.717) is 34.1 Å². The van der Waals surface area contributed by atoms with Gasteiger partial charge in [-0.3, -0.25) is 4.79 Å². The van der Waals surface area contributed by atoms with Crippen molar-refractivity contribution in [3.05, 3.63) is 80.8 Å². The molecule has 0 unspecified atom stereocenters. The van der Waals surface area contributed by atoms with E-state index in [1.54, 1.807) is 0 Å². The molecule has 0 aliphatic carbocycles. The number of hydrogen-bond donors (Lipinski definition) is 1. The van der Waals surface area contributed by atoms with Crippen LogP contribution in [0.25, 0.3) is 10.8 Å². The van der Waals surface area contributed by atoms with Crippen molar-refractivity contribution in [2.24, 2.45) is 0 Å². The molecule has 0 spiro atoms. The summed E-state index contributed by atoms with van der Waals surface area (Å²) in [7, 11) is 2.12. The average Bonchev–Trinajstić information content (AvgIpc) is 2.84. The molecule has 0 aromatic heterocycles. The number of amides is 1. The Hall–Kier alpha value is -2.58. The number of likely N-dealkylation sites (tertiary alicyclic amines) is 1. The molecule has 0 radical (unpaired) electrons. The summed E-state index contributed by atoms with van der Waals surface area (Å²) >= 11 is 12.5. The molecule has 4 nitrogen and oxygen atoms in total. The molecular weight excluding hydrogens is 453 g/mol. The van der Waals surface area contributed by atoms with Crippen LogP contribution in [0.4, 0.5) is 0 Å². The van der Waals surface area contributed by atoms with E-state index in [1.807, 2.05) is 55.5 Å². The highest BCUT2D eigenvalue weighted by molar-refractivity contribution is 6.42. The van der Waals surface area contributed by atoms with Gasteiger partial charge in [0.2, 0.25) is 0 Å². The number of fused-ring (bicyclic) bond motifs is 1. The third kappa shape index (κ3) is 4.59. The lowest BCUT2D eigenvalue weighted by Gasteiger charge is -2.41. The van der Waals surface area contributed by atoms with E-state index in [9.17, 15) is 10.1 Å². The quantitative estimate of drug-likeness (QED) is 0.489. The van der Waals surface area contributed by atoms with Crippen LogP contribution in [-0.2, 0) is 11.8 Å². The average molecular weight is 480 g/mol. The van der Waals surface area contributed by atoms with E-state index in [1.165, 1.54) is 0 Å². The topological polar surface area (TPSA) is 56.1 Å². The number of halogens is 2. The first-order chi connectivity index (χ1) is 15.9. The van der Waals surface area contributed by atoms with Gasteiger partial charge in [-0.1, -0.05) is 60.5 Å². The van der Waals surface area contributed by atoms with Crippen molar-refractivity contribution in [1.82, 2.24) is 10.2 Å². The van der Waals surface area contributed by atoms with E-state index in [2.05, 4.69) is 23.3 Å². The largest absolute Gasteiger partial charge is 0.351 e. The van der Waals surface area contributed by atoms with Crippen LogP contribution in [-0.4, -0.2) is 37.5 Å². The number of hydrogen-bond acceptors (Lipinski definition) is 3. The number of piperidine rings is 1. The molecule has 1 N–H and O–H groups in total. The molecule has 6 heteroatoms. The number of rotatable bonds is 5. The Morgan fingerprint density at radius 1 is 1.12 bits per heavy atom. The number of nitriles is 1. The van der Waals surface area contributed by atoms with Crippen LogP contribution < -0.4 is 5.32 Å². The van der Waals surface area contributed by atoms with Crippen molar-refractivity contribution >= 4 is 39.9 Å². The van der Waals surface area contributed by atoms with Gasteiger partial charge < -0.3 is 10.2 Å². The molecule has 1 aliphatic heterocycles. The summed E-state index contributed by atoms with van der Waals surface area (Å²) < 4.78 is 0. The second-order valence-electron chi connectivity index (χ2n) is 8.86. The predicted molar refractivity (Wildman–Crippen MR) is 135 cm³/mol. The standard InChI is InChI=1S/C27H27Cl2N3O/c1-3-21-19(16-30)14-18-6-4-5-7-22(18)25(21)26(33)31-17-27(10-12-32(2)13-11-27)20-8-9-23(28)24(29)15-20/h4-9,14-15H,3,10-13,17H2,1-2H3,(H,31,33). The fraction of sp³-hybridized carbons (Fsp3) is 0.333. The van der Waals surface area contributed by atoms with Gasteiger partial charge in [0, 0.05) is 12.0 Å². The minimum absolute atomic E-state index is 0.140. The Kier molecular flexibility index (Phi) is 6.95. The predicted octanol–water partition coefficient (Wildman–Crippen LogP) is 5.97. The molecule has 3 aromatic rings. The SMILES string of the molecule is CCc1c(C#N)cc2ccccc2c1C(=O)NCC1(c2ccc(Cl)c(Cl)c2)CCN(C)CC1. The smallest absolute Gasteiger partial charge is 0.252 e. The summed E-state index contributed by atoms with van der Waals surface area (Å²) in [5.41, 5.74) is 2.81. The van der Waals surface area contributed by atoms with Gasteiger partial charge in [0.15, 0.2) is 0 Å². The third-order valence-electron chi connectivity index (χ3n) is 6.92. The van der Waals surface area contributed by atoms with Crippen molar-refractivity contribution < 1.29 is 4.79 Å². The lowest BCUT2D eigenvalue weighted by atomic mass is 9.72. The number of carbonyl (C=O) groups excluding carboxylic acids is 1. The lowest BCUT2D eigenvalue weighted by molar-refractivity contribution is 0.0928. The Balaban J connectivity index is 1.71. The van der Waals surface area contributed by atoms with E-state index in [0.717, 1.165) is 47.8 Å². The third-order valence-corrected chi connectivity index (χ3v) is 7.66. The van der Waals surface area contributed by atoms with E-state index in [4.69, 9.17) is 23.2 Å². The summed E-state index contributed by atoms with van der Waals surface area (Å²) in [6.45, 7) is 4.34. The van der Waals surface area contributed by atoms with Gasteiger partial charge in [-0.2, -0.15) is 5.26 Å². The van der Waals surface area contributed by atoms with Crippen molar-refractivity contribution in [3.8, 4) is 6.07 Å². The molecule has 1 saturated heterocycles. The lowest BCUT2D eigenvalue weighted by Crippen LogP contribution is -2.48. The van der Waals surface area contributed by atoms with Crippen LogP contribution >= 0.6 is 23.2 Å². The number of nitrogens with zero attached hydrogens (tertiary/aromatic N) is 2. The van der Waals surface area contributed by atoms with Crippen LogP contribution in [0.15, 0.2) is 48.5 Å². The van der Waals surface area contributed by atoms with E-state index in [-0.39, 0.29) is 11.3 Å². The highest BCUT2D eigenvalue weighted by Gasteiger charge is 2.36. The van der Waals surface area contributed by atoms with Crippen LogP contribution in [0.1, 0.15) is 46.8 Å². The summed E-state index contributed by atoms with van der Waals surface area (Å²) in [6.07, 6.45) is 2.42. The van der Waals surface area contributed by atoms with Gasteiger partial charge in [0.1, 0.15) is 0 Å². The molecule has 4 rings (SSSR count). The fourth-order valence-electron chi connectivity index (χ4n) is 4.89. The molecule has 0 saturated carbocycles. The van der Waals surface area contributed by atoms with Crippen LogP contribution in [0.2, 0.25) is 10.0 Å². The van der Waals surface area contributed by atoms with Gasteiger partial charge in [-0.05, 0) is 79.5 Å². The zero-order valence-electron chi connectivity index (χ0n) is 18.9. The van der Waals surface area contributed by atoms with E-state index >= 15 is 0 Å². The molecule has 3 aromatic carbocycles. The molecular formula is C27H27Cl2N3O. The number of benzene rings is 3. The molecule has 1 aliphatic rings. The first-order valence-electron chi connectivity index (χ1n) is 11.3. The van der Waals surface area contributed by atoms with Crippen molar-refractivity contribution in [2.45, 2.75) is 31.6 Å². The number of nitrogens with one attached hydrogen (secondary N) is 1. The molecule has 33 heavy (non-hydrogen) atoms. The Bertz CT molecular complexity index is 1240. The molecule has 0 atom stereocenters. The maximum atomic E-state index is 13.6. The summed E-state index contributed by atoms with van der Waals surface area (Å²) in [5, 5.41) is 15.8. The second kappa shape index (κ2) is 9.73. The van der Waals surface area contributed by atoms with Gasteiger partial charge in [0.25, 0.3) is 5.91 Å². The molecule has 170 valence electrons. The van der Waals surface area contributed by atoms with Crippen molar-refractivity contribution in [3.63, 3.8) is 0 Å². The summed E-state index contributed by atoms with van der Waals surface area (Å²) in [5.74, 6) is -0.140. The van der Waals surface area contributed by atoms with E-state index < -0.39 is 0 Å². The minimum Gasteiger partial charge on any atom is -0.351 e. The zero-order chi connectivity index (χ0) is 23.6. The zero-order valence-corrected chi connectivity index (χ0v) is 20.4. The number of carbonyl (C=O) groups is 1. The maximum absolute atomic E-state index is 13.6. The molecule has 1 amide bonds. The highest BCUT2D eigenvalue weighted by atomic mass is 35.5. The van der Waals surface area contributed by atoms with Crippen molar-refractivity contribution in [1.29, 1.82) is 5.26 Å². The first-order valence-corrected chi connectivity index (χ1v) is 12.0. The van der Waals surface area contributed by atoms with Gasteiger partial charge in [-0.15, -0.1) is 0 Å². The van der Waals surface area contributed by atoms with Crippen LogP contribution in [0.5, 0.6) is 0 Å². The summed E-state index contributed by atoms with van der Waals surface area (Å²) in [6, 6.07) is 17.7. The minimum atomic E-state index is -0.231. The normalized spacial score (nSPS) is 15.8. The monoisotopic (exact) mass is 479 g/mol. The fourth-order valence-corrected chi connectivity index (χ4v) is 5.19. The Labute approximate surface area is 205 Å². The maximum Gasteiger partial charge on any atom is 0.252 e. The Morgan fingerprint density at radius 2 is 1.85 bits per heavy atom. The van der Waals surface area contributed by atoms with Crippen LogP contribution in [0, 0.1) is 11.3 Å². The molecule has 1 fully saturated rings. The summed E-state index contributed by atoms with van der Waals surface area (Å²) in [4.78, 5) is 15.9. The van der Waals surface area contributed by atoms with Crippen LogP contribution in [0.3, 0.4) is 0 Å². The van der Waals surface area contributed by atoms with Crippen molar-refractivity contribution in [2.75, 3.05) is 26.7 Å². The molecule has 1 heterocycles. The molecule has 0 bridgehead atoms.